The van der Waals surface area contributed by atoms with Gasteiger partial charge in [-0.15, -0.1) is 0 Å². The van der Waals surface area contributed by atoms with E-state index in [0.29, 0.717) is 26.3 Å². The monoisotopic (exact) mass is 402 g/mol. The van der Waals surface area contributed by atoms with Gasteiger partial charge in [-0.3, -0.25) is 9.59 Å². The quantitative estimate of drug-likeness (QED) is 0.507. The van der Waals surface area contributed by atoms with Gasteiger partial charge in [0.1, 0.15) is 5.82 Å². The normalized spacial score (nSPS) is 16.0. The summed E-state index contributed by atoms with van der Waals surface area (Å²) in [4.78, 5) is 25.5. The van der Waals surface area contributed by atoms with Crippen LogP contribution in [0.1, 0.15) is 19.8 Å². The molecular formula is C17H23FN2O6S. The Labute approximate surface area is 157 Å². The van der Waals surface area contributed by atoms with Gasteiger partial charge in [0.2, 0.25) is 10.0 Å². The van der Waals surface area contributed by atoms with Gasteiger partial charge < -0.3 is 14.4 Å². The zero-order valence-corrected chi connectivity index (χ0v) is 15.8. The molecular weight excluding hydrogens is 379 g/mol. The second-order valence-electron chi connectivity index (χ2n) is 6.02. The summed E-state index contributed by atoms with van der Waals surface area (Å²) in [6.07, 6.45) is -0.726. The highest BCUT2D eigenvalue weighted by Gasteiger charge is 2.25. The van der Waals surface area contributed by atoms with Crippen LogP contribution in [0.15, 0.2) is 29.2 Å². The van der Waals surface area contributed by atoms with Crippen molar-refractivity contribution in [2.75, 3.05) is 32.8 Å². The lowest BCUT2D eigenvalue weighted by Gasteiger charge is -2.28. The maximum absolute atomic E-state index is 12.9. The van der Waals surface area contributed by atoms with Gasteiger partial charge in [0.25, 0.3) is 5.91 Å². The third-order valence-electron chi connectivity index (χ3n) is 3.95. The number of hydrogen-bond acceptors (Lipinski definition) is 6. The van der Waals surface area contributed by atoms with Crippen LogP contribution in [0.3, 0.4) is 0 Å². The predicted octanol–water partition coefficient (Wildman–Crippen LogP) is 0.675. The summed E-state index contributed by atoms with van der Waals surface area (Å²) in [6.45, 7) is 3.37. The van der Waals surface area contributed by atoms with Gasteiger partial charge in [-0.05, 0) is 37.6 Å². The molecule has 0 bridgehead atoms. The van der Waals surface area contributed by atoms with Crippen molar-refractivity contribution in [1.82, 2.24) is 9.62 Å². The summed E-state index contributed by atoms with van der Waals surface area (Å²) in [5.41, 5.74) is 0. The highest BCUT2D eigenvalue weighted by atomic mass is 32.2. The van der Waals surface area contributed by atoms with Gasteiger partial charge in [0, 0.05) is 26.1 Å². The number of halogens is 1. The summed E-state index contributed by atoms with van der Waals surface area (Å²) in [7, 11) is -3.77. The van der Waals surface area contributed by atoms with Gasteiger partial charge in [-0.1, -0.05) is 0 Å². The average molecular weight is 402 g/mol. The van der Waals surface area contributed by atoms with E-state index in [1.807, 2.05) is 0 Å². The Bertz CT molecular complexity index is 747. The average Bonchev–Trinajstić information content (AvgIpc) is 2.65. The van der Waals surface area contributed by atoms with Crippen molar-refractivity contribution in [3.8, 4) is 0 Å². The van der Waals surface area contributed by atoms with Crippen molar-refractivity contribution in [3.63, 3.8) is 0 Å². The molecule has 0 aliphatic carbocycles. The molecule has 1 saturated heterocycles. The number of sulfonamides is 1. The maximum atomic E-state index is 12.9. The van der Waals surface area contributed by atoms with Crippen LogP contribution in [0.2, 0.25) is 0 Å². The van der Waals surface area contributed by atoms with Gasteiger partial charge in [-0.25, -0.2) is 17.5 Å². The number of amides is 1. The van der Waals surface area contributed by atoms with Crippen LogP contribution in [0.4, 0.5) is 4.39 Å². The van der Waals surface area contributed by atoms with Crippen LogP contribution in [0, 0.1) is 5.82 Å². The molecule has 1 unspecified atom stereocenters. The number of ether oxygens (including phenoxy) is 2. The summed E-state index contributed by atoms with van der Waals surface area (Å²) >= 11 is 0. The number of carbonyl (C=O) groups is 2. The SMILES string of the molecule is CC(OC(=O)CCCNS(=O)(=O)c1ccc(F)cc1)C(=O)N1CCOCC1. The maximum Gasteiger partial charge on any atom is 0.306 e. The van der Waals surface area contributed by atoms with Crippen molar-refractivity contribution in [1.29, 1.82) is 0 Å². The Morgan fingerprint density at radius 1 is 1.26 bits per heavy atom. The fourth-order valence-corrected chi connectivity index (χ4v) is 3.56. The first kappa shape index (κ1) is 21.3. The minimum Gasteiger partial charge on any atom is -0.453 e. The zero-order valence-electron chi connectivity index (χ0n) is 15.0. The number of hydrogen-bond donors (Lipinski definition) is 1. The molecule has 0 radical (unpaired) electrons. The van der Waals surface area contributed by atoms with E-state index in [2.05, 4.69) is 4.72 Å². The summed E-state index contributed by atoms with van der Waals surface area (Å²) < 4.78 is 49.5. The molecule has 0 aromatic heterocycles. The second kappa shape index (κ2) is 9.77. The Kier molecular flexibility index (Phi) is 7.69. The van der Waals surface area contributed by atoms with E-state index in [1.54, 1.807) is 4.90 Å². The standard InChI is InChI=1S/C17H23FN2O6S/c1-13(17(22)20-9-11-25-12-10-20)26-16(21)3-2-8-19-27(23,24)15-6-4-14(18)5-7-15/h4-7,13,19H,2-3,8-12H2,1H3. The van der Waals surface area contributed by atoms with E-state index in [1.165, 1.54) is 6.92 Å². The number of carbonyl (C=O) groups excluding carboxylic acids is 2. The number of benzene rings is 1. The van der Waals surface area contributed by atoms with E-state index < -0.39 is 27.9 Å². The van der Waals surface area contributed by atoms with Gasteiger partial charge >= 0.3 is 5.97 Å². The topological polar surface area (TPSA) is 102 Å². The molecule has 10 heteroatoms. The summed E-state index contributed by atoms with van der Waals surface area (Å²) in [5.74, 6) is -1.38. The van der Waals surface area contributed by atoms with Crippen LogP contribution in [-0.2, 0) is 29.1 Å². The third kappa shape index (κ3) is 6.56. The van der Waals surface area contributed by atoms with E-state index >= 15 is 0 Å². The van der Waals surface area contributed by atoms with E-state index in [0.717, 1.165) is 24.3 Å². The smallest absolute Gasteiger partial charge is 0.306 e. The highest BCUT2D eigenvalue weighted by molar-refractivity contribution is 7.89. The molecule has 1 amide bonds. The first-order chi connectivity index (χ1) is 12.8. The molecule has 0 saturated carbocycles. The Morgan fingerprint density at radius 3 is 2.52 bits per heavy atom. The third-order valence-corrected chi connectivity index (χ3v) is 5.43. The number of nitrogens with one attached hydrogen (secondary N) is 1. The van der Waals surface area contributed by atoms with Crippen molar-refractivity contribution >= 4 is 21.9 Å². The lowest BCUT2D eigenvalue weighted by molar-refractivity contribution is -0.160. The first-order valence-electron chi connectivity index (χ1n) is 8.61. The number of esters is 1. The molecule has 1 aliphatic rings. The Hall–Kier alpha value is -2.04. The lowest BCUT2D eigenvalue weighted by Crippen LogP contribution is -2.46. The van der Waals surface area contributed by atoms with E-state index in [-0.39, 0.29) is 30.2 Å². The van der Waals surface area contributed by atoms with Crippen LogP contribution in [0.25, 0.3) is 0 Å². The fourth-order valence-electron chi connectivity index (χ4n) is 2.48. The van der Waals surface area contributed by atoms with Crippen LogP contribution in [0.5, 0.6) is 0 Å². The molecule has 1 aliphatic heterocycles. The summed E-state index contributed by atoms with van der Waals surface area (Å²) in [5, 5.41) is 0. The summed E-state index contributed by atoms with van der Waals surface area (Å²) in [6, 6.07) is 4.42. The van der Waals surface area contributed by atoms with Crippen molar-refractivity contribution in [2.24, 2.45) is 0 Å². The molecule has 1 fully saturated rings. The molecule has 8 nitrogen and oxygen atoms in total. The van der Waals surface area contributed by atoms with Crippen LogP contribution >= 0.6 is 0 Å². The zero-order chi connectivity index (χ0) is 19.9. The minimum atomic E-state index is -3.77. The molecule has 1 aromatic carbocycles. The van der Waals surface area contributed by atoms with Crippen molar-refractivity contribution in [3.05, 3.63) is 30.1 Å². The fraction of sp³-hybridized carbons (Fsp3) is 0.529. The van der Waals surface area contributed by atoms with Gasteiger partial charge in [0.15, 0.2) is 6.10 Å². The Balaban J connectivity index is 1.70. The van der Waals surface area contributed by atoms with Crippen LogP contribution in [-0.4, -0.2) is 64.1 Å². The number of nitrogens with zero attached hydrogens (tertiary/aromatic N) is 1. The second-order valence-corrected chi connectivity index (χ2v) is 7.79. The van der Waals surface area contributed by atoms with Crippen LogP contribution < -0.4 is 4.72 Å². The van der Waals surface area contributed by atoms with Crippen molar-refractivity contribution in [2.45, 2.75) is 30.8 Å². The molecule has 150 valence electrons. The largest absolute Gasteiger partial charge is 0.453 e. The molecule has 1 N–H and O–H groups in total. The lowest BCUT2D eigenvalue weighted by atomic mass is 10.3. The minimum absolute atomic E-state index is 0.0145. The van der Waals surface area contributed by atoms with E-state index in [9.17, 15) is 22.4 Å². The van der Waals surface area contributed by atoms with Crippen molar-refractivity contribution < 1.29 is 31.9 Å². The number of rotatable bonds is 8. The first-order valence-corrected chi connectivity index (χ1v) is 10.1. The molecule has 1 heterocycles. The molecule has 2 rings (SSSR count). The van der Waals surface area contributed by atoms with E-state index in [4.69, 9.17) is 9.47 Å². The predicted molar refractivity (Wildman–Crippen MR) is 93.8 cm³/mol. The Morgan fingerprint density at radius 2 is 1.89 bits per heavy atom. The molecule has 1 atom stereocenters. The van der Waals surface area contributed by atoms with Gasteiger partial charge in [-0.2, -0.15) is 0 Å². The number of morpholine rings is 1. The highest BCUT2D eigenvalue weighted by Crippen LogP contribution is 2.10. The molecule has 0 spiro atoms. The molecule has 1 aromatic rings. The molecule has 27 heavy (non-hydrogen) atoms. The van der Waals surface area contributed by atoms with Gasteiger partial charge in [0.05, 0.1) is 18.1 Å².